The van der Waals surface area contributed by atoms with Gasteiger partial charge in [0.1, 0.15) is 12.4 Å². The maximum atomic E-state index is 13.2. The third-order valence-corrected chi connectivity index (χ3v) is 7.41. The highest BCUT2D eigenvalue weighted by Gasteiger charge is 2.32. The summed E-state index contributed by atoms with van der Waals surface area (Å²) in [6, 6.07) is 14.0. The van der Waals surface area contributed by atoms with Crippen LogP contribution < -0.4 is 5.32 Å². The van der Waals surface area contributed by atoms with Crippen LogP contribution in [0, 0.1) is 12.8 Å². The first-order valence-electron chi connectivity index (χ1n) is 12.9. The molecule has 202 valence electrons. The second-order valence-electron chi connectivity index (χ2n) is 9.94. The normalized spacial score (nSPS) is 15.7. The number of hydrogen-bond donors (Lipinski definition) is 1. The molecular weight excluding hydrogens is 507 g/mol. The number of pyridine rings is 2. The third-order valence-electron chi connectivity index (χ3n) is 7.41. The van der Waals surface area contributed by atoms with E-state index in [1.807, 2.05) is 44.3 Å². The number of aryl methyl sites for hydroxylation is 2. The minimum Gasteiger partial charge on any atom is -0.381 e. The van der Waals surface area contributed by atoms with Crippen LogP contribution in [0.2, 0.25) is 0 Å². The summed E-state index contributed by atoms with van der Waals surface area (Å²) < 4.78 is 49.2. The van der Waals surface area contributed by atoms with Crippen LogP contribution in [-0.4, -0.2) is 55.5 Å². The zero-order valence-corrected chi connectivity index (χ0v) is 21.6. The molecule has 1 fully saturated rings. The molecule has 5 aromatic rings. The summed E-state index contributed by atoms with van der Waals surface area (Å²) in [4.78, 5) is 9.13. The zero-order chi connectivity index (χ0) is 27.1. The van der Waals surface area contributed by atoms with Crippen molar-refractivity contribution in [2.75, 3.05) is 25.1 Å². The fourth-order valence-corrected chi connectivity index (χ4v) is 5.76. The summed E-state index contributed by atoms with van der Waals surface area (Å²) in [7, 11) is 1.83. The largest absolute Gasteiger partial charge is 0.405 e. The monoisotopic (exact) mass is 535 g/mol. The van der Waals surface area contributed by atoms with E-state index in [0.29, 0.717) is 24.1 Å². The van der Waals surface area contributed by atoms with Gasteiger partial charge in [-0.3, -0.25) is 4.98 Å². The molecule has 8 nitrogen and oxygen atoms in total. The van der Waals surface area contributed by atoms with Crippen molar-refractivity contribution in [3.63, 3.8) is 0 Å². The molecule has 0 spiro atoms. The molecule has 1 saturated heterocycles. The summed E-state index contributed by atoms with van der Waals surface area (Å²) in [5.41, 5.74) is 5.71. The van der Waals surface area contributed by atoms with Gasteiger partial charge in [0.05, 0.1) is 39.4 Å². The fraction of sp³-hybridized carbons (Fsp3) is 0.357. The van der Waals surface area contributed by atoms with E-state index in [9.17, 15) is 13.2 Å². The molecule has 1 aliphatic heterocycles. The molecule has 0 unspecified atom stereocenters. The van der Waals surface area contributed by atoms with Crippen LogP contribution in [0.1, 0.15) is 30.1 Å². The van der Waals surface area contributed by atoms with Gasteiger partial charge in [0.15, 0.2) is 0 Å². The maximum absolute atomic E-state index is 13.2. The molecule has 0 amide bonds. The smallest absolute Gasteiger partial charge is 0.381 e. The average molecular weight is 536 g/mol. The highest BCUT2D eigenvalue weighted by molar-refractivity contribution is 6.11. The van der Waals surface area contributed by atoms with E-state index in [-0.39, 0.29) is 17.8 Å². The number of alkyl halides is 3. The number of aromatic nitrogens is 6. The van der Waals surface area contributed by atoms with Gasteiger partial charge in [-0.05, 0) is 43.4 Å². The van der Waals surface area contributed by atoms with Crippen molar-refractivity contribution >= 4 is 27.8 Å². The van der Waals surface area contributed by atoms with Gasteiger partial charge < -0.3 is 14.6 Å². The Bertz CT molecular complexity index is 1600. The minimum atomic E-state index is -4.39. The van der Waals surface area contributed by atoms with Crippen molar-refractivity contribution in [2.45, 2.75) is 32.0 Å². The number of nitrogens with zero attached hydrogens (tertiary/aromatic N) is 6. The summed E-state index contributed by atoms with van der Waals surface area (Å²) in [6.07, 6.45) is 0.621. The second-order valence-corrected chi connectivity index (χ2v) is 9.94. The van der Waals surface area contributed by atoms with Crippen LogP contribution >= 0.6 is 0 Å². The Labute approximate surface area is 222 Å². The first-order chi connectivity index (χ1) is 18.8. The van der Waals surface area contributed by atoms with Gasteiger partial charge in [0, 0.05) is 38.2 Å². The van der Waals surface area contributed by atoms with Gasteiger partial charge in [0.25, 0.3) is 0 Å². The molecule has 4 aromatic heterocycles. The topological polar surface area (TPSA) is 82.7 Å². The van der Waals surface area contributed by atoms with E-state index in [1.165, 1.54) is 0 Å². The number of anilines is 1. The summed E-state index contributed by atoms with van der Waals surface area (Å²) >= 11 is 0. The number of rotatable bonds is 6. The number of hydrogen-bond acceptors (Lipinski definition) is 6. The molecule has 1 aliphatic rings. The summed E-state index contributed by atoms with van der Waals surface area (Å²) in [5.74, 6) is 0.412. The molecule has 0 radical (unpaired) electrons. The Morgan fingerprint density at radius 3 is 2.54 bits per heavy atom. The van der Waals surface area contributed by atoms with Crippen LogP contribution in [0.4, 0.5) is 19.0 Å². The van der Waals surface area contributed by atoms with Crippen LogP contribution in [0.15, 0.2) is 54.9 Å². The van der Waals surface area contributed by atoms with Crippen molar-refractivity contribution in [3.05, 3.63) is 66.1 Å². The SMILES string of the molecule is Cc1nnn(C)c1-c1cnc2c3c(NCC(F)(F)F)nccc3n([C@H](c3ccccc3)C3CCOCC3)c2c1. The van der Waals surface area contributed by atoms with Gasteiger partial charge in [-0.25, -0.2) is 9.67 Å². The number of nitrogens with one attached hydrogen (secondary N) is 1. The molecule has 0 aliphatic carbocycles. The molecular formula is C28H28F3N7O. The maximum Gasteiger partial charge on any atom is 0.405 e. The van der Waals surface area contributed by atoms with Crippen molar-refractivity contribution in [2.24, 2.45) is 13.0 Å². The predicted octanol–water partition coefficient (Wildman–Crippen LogP) is 5.68. The van der Waals surface area contributed by atoms with Crippen LogP contribution in [0.25, 0.3) is 33.2 Å². The van der Waals surface area contributed by atoms with Crippen molar-refractivity contribution in [3.8, 4) is 11.3 Å². The van der Waals surface area contributed by atoms with E-state index < -0.39 is 12.7 Å². The summed E-state index contributed by atoms with van der Waals surface area (Å²) in [5, 5.41) is 11.4. The Morgan fingerprint density at radius 1 is 1.08 bits per heavy atom. The summed E-state index contributed by atoms with van der Waals surface area (Å²) in [6.45, 7) is 2.02. The second kappa shape index (κ2) is 9.96. The van der Waals surface area contributed by atoms with E-state index in [1.54, 1.807) is 17.1 Å². The Hall–Kier alpha value is -3.99. The number of benzene rings is 1. The Balaban J connectivity index is 1.65. The van der Waals surface area contributed by atoms with E-state index in [0.717, 1.165) is 46.4 Å². The molecule has 0 bridgehead atoms. The van der Waals surface area contributed by atoms with Crippen LogP contribution in [0.3, 0.4) is 0 Å². The molecule has 11 heteroatoms. The minimum absolute atomic E-state index is 0.0872. The van der Waals surface area contributed by atoms with E-state index >= 15 is 0 Å². The van der Waals surface area contributed by atoms with Crippen LogP contribution in [0.5, 0.6) is 0 Å². The number of ether oxygens (including phenoxy) is 1. The molecule has 1 atom stereocenters. The molecule has 0 saturated carbocycles. The number of halogens is 3. The lowest BCUT2D eigenvalue weighted by Gasteiger charge is -2.33. The number of fused-ring (bicyclic) bond motifs is 3. The van der Waals surface area contributed by atoms with Gasteiger partial charge in [0.2, 0.25) is 0 Å². The van der Waals surface area contributed by atoms with Gasteiger partial charge >= 0.3 is 6.18 Å². The van der Waals surface area contributed by atoms with E-state index in [2.05, 4.69) is 37.3 Å². The highest BCUT2D eigenvalue weighted by Crippen LogP contribution is 2.42. The lowest BCUT2D eigenvalue weighted by molar-refractivity contribution is -0.115. The third kappa shape index (κ3) is 4.71. The molecule has 6 rings (SSSR count). The van der Waals surface area contributed by atoms with Gasteiger partial charge in [-0.15, -0.1) is 5.10 Å². The average Bonchev–Trinajstić information content (AvgIpc) is 3.44. The van der Waals surface area contributed by atoms with Gasteiger partial charge in [-0.2, -0.15) is 13.2 Å². The first-order valence-corrected chi connectivity index (χ1v) is 12.9. The first kappa shape index (κ1) is 25.3. The molecule has 5 heterocycles. The quantitative estimate of drug-likeness (QED) is 0.301. The Kier molecular flexibility index (Phi) is 6.46. The van der Waals surface area contributed by atoms with Gasteiger partial charge in [-0.1, -0.05) is 35.5 Å². The lowest BCUT2D eigenvalue weighted by atomic mass is 9.86. The zero-order valence-electron chi connectivity index (χ0n) is 21.6. The van der Waals surface area contributed by atoms with E-state index in [4.69, 9.17) is 9.72 Å². The molecule has 1 aromatic carbocycles. The van der Waals surface area contributed by atoms with Crippen molar-refractivity contribution in [1.29, 1.82) is 0 Å². The fourth-order valence-electron chi connectivity index (χ4n) is 5.76. The lowest BCUT2D eigenvalue weighted by Crippen LogP contribution is -2.27. The molecule has 39 heavy (non-hydrogen) atoms. The van der Waals surface area contributed by atoms with Crippen LogP contribution in [-0.2, 0) is 11.8 Å². The van der Waals surface area contributed by atoms with Crippen molar-refractivity contribution in [1.82, 2.24) is 29.5 Å². The Morgan fingerprint density at radius 2 is 1.85 bits per heavy atom. The van der Waals surface area contributed by atoms with Crippen molar-refractivity contribution < 1.29 is 17.9 Å². The standard InChI is InChI=1S/C28H28F3N7O/c1-17-25(37(2)36-35-17)20-14-22-24(33-15-20)23-21(8-11-32-27(23)34-16-28(29,30)31)38(22)26(18-6-4-3-5-7-18)19-9-12-39-13-10-19/h3-8,11,14-15,19,26H,9-10,12-13,16H2,1-2H3,(H,32,34)/t26-/m1/s1. The highest BCUT2D eigenvalue weighted by atomic mass is 19.4. The predicted molar refractivity (Wildman–Crippen MR) is 142 cm³/mol. The molecule has 1 N–H and O–H groups in total.